The Labute approximate surface area is 125 Å². The molecule has 0 spiro atoms. The van der Waals surface area contributed by atoms with Gasteiger partial charge in [-0.1, -0.05) is 41.9 Å². The molecular formula is C17H20ClNO. The first kappa shape index (κ1) is 14.9. The van der Waals surface area contributed by atoms with E-state index in [0.717, 1.165) is 18.4 Å². The fourth-order valence-electron chi connectivity index (χ4n) is 2.11. The van der Waals surface area contributed by atoms with Gasteiger partial charge in [-0.15, -0.1) is 0 Å². The zero-order valence-corrected chi connectivity index (χ0v) is 12.4. The van der Waals surface area contributed by atoms with Gasteiger partial charge in [0.25, 0.3) is 0 Å². The molecule has 1 unspecified atom stereocenters. The second kappa shape index (κ2) is 7.32. The Morgan fingerprint density at radius 1 is 1.15 bits per heavy atom. The summed E-state index contributed by atoms with van der Waals surface area (Å²) in [6, 6.07) is 16.0. The average Bonchev–Trinajstić information content (AvgIpc) is 2.47. The number of phenolic OH excluding ortho intramolecular Hbond substituents is 1. The Hall–Kier alpha value is -1.51. The Morgan fingerprint density at radius 3 is 2.65 bits per heavy atom. The first-order valence-corrected chi connectivity index (χ1v) is 7.27. The molecule has 0 aliphatic carbocycles. The predicted molar refractivity (Wildman–Crippen MR) is 84.2 cm³/mol. The number of nitrogens with one attached hydrogen (secondary N) is 1. The zero-order valence-electron chi connectivity index (χ0n) is 11.6. The Morgan fingerprint density at radius 2 is 1.90 bits per heavy atom. The molecule has 106 valence electrons. The van der Waals surface area contributed by atoms with Gasteiger partial charge in [-0.05, 0) is 43.5 Å². The van der Waals surface area contributed by atoms with Crippen LogP contribution < -0.4 is 5.32 Å². The fourth-order valence-corrected chi connectivity index (χ4v) is 2.30. The van der Waals surface area contributed by atoms with Crippen molar-refractivity contribution in [3.8, 4) is 5.75 Å². The summed E-state index contributed by atoms with van der Waals surface area (Å²) in [7, 11) is 0. The number of hydrogen-bond acceptors (Lipinski definition) is 2. The number of benzene rings is 2. The van der Waals surface area contributed by atoms with Crippen LogP contribution in [0.5, 0.6) is 5.75 Å². The quantitative estimate of drug-likeness (QED) is 0.837. The van der Waals surface area contributed by atoms with Gasteiger partial charge < -0.3 is 10.4 Å². The molecule has 0 saturated carbocycles. The van der Waals surface area contributed by atoms with Crippen LogP contribution in [-0.2, 0) is 13.0 Å². The zero-order chi connectivity index (χ0) is 14.4. The minimum atomic E-state index is 0.289. The van der Waals surface area contributed by atoms with E-state index >= 15 is 0 Å². The molecule has 0 aliphatic rings. The SMILES string of the molecule is CC(CCc1ccccc1)NCc1cc(Cl)ccc1O. The van der Waals surface area contributed by atoms with E-state index in [0.29, 0.717) is 17.6 Å². The van der Waals surface area contributed by atoms with Crippen LogP contribution in [0.2, 0.25) is 5.02 Å². The average molecular weight is 290 g/mol. The first-order valence-electron chi connectivity index (χ1n) is 6.90. The molecule has 0 radical (unpaired) electrons. The molecule has 2 aromatic carbocycles. The minimum absolute atomic E-state index is 0.289. The highest BCUT2D eigenvalue weighted by Crippen LogP contribution is 2.21. The summed E-state index contributed by atoms with van der Waals surface area (Å²) in [6.45, 7) is 2.78. The number of hydrogen-bond donors (Lipinski definition) is 2. The van der Waals surface area contributed by atoms with Gasteiger partial charge in [0.15, 0.2) is 0 Å². The lowest BCUT2D eigenvalue weighted by Gasteiger charge is -2.14. The van der Waals surface area contributed by atoms with Crippen molar-refractivity contribution in [1.82, 2.24) is 5.32 Å². The van der Waals surface area contributed by atoms with Crippen molar-refractivity contribution in [3.63, 3.8) is 0 Å². The normalized spacial score (nSPS) is 12.3. The van der Waals surface area contributed by atoms with E-state index in [4.69, 9.17) is 11.6 Å². The lowest BCUT2D eigenvalue weighted by Crippen LogP contribution is -2.26. The number of halogens is 1. The third-order valence-corrected chi connectivity index (χ3v) is 3.63. The molecule has 2 N–H and O–H groups in total. The lowest BCUT2D eigenvalue weighted by molar-refractivity contribution is 0.455. The van der Waals surface area contributed by atoms with Crippen molar-refractivity contribution in [2.45, 2.75) is 32.4 Å². The van der Waals surface area contributed by atoms with Crippen molar-refractivity contribution < 1.29 is 5.11 Å². The van der Waals surface area contributed by atoms with Crippen LogP contribution in [0, 0.1) is 0 Å². The number of rotatable bonds is 6. The highest BCUT2D eigenvalue weighted by atomic mass is 35.5. The lowest BCUT2D eigenvalue weighted by atomic mass is 10.1. The van der Waals surface area contributed by atoms with Crippen LogP contribution in [-0.4, -0.2) is 11.1 Å². The van der Waals surface area contributed by atoms with Crippen molar-refractivity contribution >= 4 is 11.6 Å². The van der Waals surface area contributed by atoms with Gasteiger partial charge in [0, 0.05) is 23.2 Å². The molecule has 0 amide bonds. The van der Waals surface area contributed by atoms with Crippen molar-refractivity contribution in [2.75, 3.05) is 0 Å². The third kappa shape index (κ3) is 4.55. The molecule has 2 rings (SSSR count). The smallest absolute Gasteiger partial charge is 0.120 e. The highest BCUT2D eigenvalue weighted by molar-refractivity contribution is 6.30. The van der Waals surface area contributed by atoms with Gasteiger partial charge in [-0.3, -0.25) is 0 Å². The maximum absolute atomic E-state index is 9.76. The molecular weight excluding hydrogens is 270 g/mol. The van der Waals surface area contributed by atoms with Gasteiger partial charge in [0.1, 0.15) is 5.75 Å². The van der Waals surface area contributed by atoms with Gasteiger partial charge >= 0.3 is 0 Å². The van der Waals surface area contributed by atoms with Crippen molar-refractivity contribution in [1.29, 1.82) is 0 Å². The number of phenols is 1. The second-order valence-corrected chi connectivity index (χ2v) is 5.52. The maximum atomic E-state index is 9.76. The Bertz CT molecular complexity index is 542. The summed E-state index contributed by atoms with van der Waals surface area (Å²) in [5.41, 5.74) is 2.19. The van der Waals surface area contributed by atoms with E-state index in [2.05, 4.69) is 36.5 Å². The second-order valence-electron chi connectivity index (χ2n) is 5.08. The Balaban J connectivity index is 1.80. The molecule has 2 aromatic rings. The molecule has 0 aromatic heterocycles. The van der Waals surface area contributed by atoms with Crippen molar-refractivity contribution in [3.05, 3.63) is 64.7 Å². The molecule has 3 heteroatoms. The van der Waals surface area contributed by atoms with Crippen LogP contribution in [0.3, 0.4) is 0 Å². The van der Waals surface area contributed by atoms with Gasteiger partial charge in [-0.25, -0.2) is 0 Å². The summed E-state index contributed by atoms with van der Waals surface area (Å²) in [5, 5.41) is 13.8. The first-order chi connectivity index (χ1) is 9.65. The van der Waals surface area contributed by atoms with Gasteiger partial charge in [-0.2, -0.15) is 0 Å². The van der Waals surface area contributed by atoms with Crippen LogP contribution in [0.1, 0.15) is 24.5 Å². The fraction of sp³-hybridized carbons (Fsp3) is 0.294. The molecule has 0 saturated heterocycles. The van der Waals surface area contributed by atoms with E-state index in [9.17, 15) is 5.11 Å². The van der Waals surface area contributed by atoms with E-state index in [-0.39, 0.29) is 5.75 Å². The molecule has 0 heterocycles. The standard InChI is InChI=1S/C17H20ClNO/c1-13(7-8-14-5-3-2-4-6-14)19-12-15-11-16(18)9-10-17(15)20/h2-6,9-11,13,19-20H,7-8,12H2,1H3. The van der Waals surface area contributed by atoms with Gasteiger partial charge in [0.2, 0.25) is 0 Å². The summed E-state index contributed by atoms with van der Waals surface area (Å²) in [4.78, 5) is 0. The molecule has 2 nitrogen and oxygen atoms in total. The van der Waals surface area contributed by atoms with Gasteiger partial charge in [0.05, 0.1) is 0 Å². The van der Waals surface area contributed by atoms with Crippen LogP contribution >= 0.6 is 11.6 Å². The summed E-state index contributed by atoms with van der Waals surface area (Å²) in [5.74, 6) is 0.289. The largest absolute Gasteiger partial charge is 0.508 e. The topological polar surface area (TPSA) is 32.3 Å². The Kier molecular flexibility index (Phi) is 5.45. The molecule has 1 atom stereocenters. The molecule has 0 aliphatic heterocycles. The summed E-state index contributed by atoms with van der Waals surface area (Å²) < 4.78 is 0. The van der Waals surface area contributed by atoms with Crippen LogP contribution in [0.4, 0.5) is 0 Å². The molecule has 0 fully saturated rings. The van der Waals surface area contributed by atoms with E-state index < -0.39 is 0 Å². The summed E-state index contributed by atoms with van der Waals surface area (Å²) >= 11 is 5.93. The number of aryl methyl sites for hydroxylation is 1. The number of aromatic hydroxyl groups is 1. The van der Waals surface area contributed by atoms with E-state index in [1.807, 2.05) is 6.07 Å². The maximum Gasteiger partial charge on any atom is 0.120 e. The minimum Gasteiger partial charge on any atom is -0.508 e. The monoisotopic (exact) mass is 289 g/mol. The predicted octanol–water partition coefficient (Wildman–Crippen LogP) is 4.16. The van der Waals surface area contributed by atoms with E-state index in [1.165, 1.54) is 5.56 Å². The van der Waals surface area contributed by atoms with E-state index in [1.54, 1.807) is 18.2 Å². The molecule has 20 heavy (non-hydrogen) atoms. The van der Waals surface area contributed by atoms with Crippen LogP contribution in [0.15, 0.2) is 48.5 Å². The molecule has 0 bridgehead atoms. The third-order valence-electron chi connectivity index (χ3n) is 3.39. The van der Waals surface area contributed by atoms with Crippen molar-refractivity contribution in [2.24, 2.45) is 0 Å². The van der Waals surface area contributed by atoms with Crippen LogP contribution in [0.25, 0.3) is 0 Å². The highest BCUT2D eigenvalue weighted by Gasteiger charge is 2.06. The summed E-state index contributed by atoms with van der Waals surface area (Å²) in [6.07, 6.45) is 2.11.